The smallest absolute Gasteiger partial charge is 0.257 e. The molecule has 0 aromatic heterocycles. The van der Waals surface area contributed by atoms with E-state index in [9.17, 15) is 9.18 Å². The van der Waals surface area contributed by atoms with Crippen molar-refractivity contribution in [3.05, 3.63) is 29.6 Å². The molecule has 0 radical (unpaired) electrons. The number of amides is 1. The summed E-state index contributed by atoms with van der Waals surface area (Å²) in [7, 11) is 1.46. The number of hydrogen-bond acceptors (Lipinski definition) is 3. The largest absolute Gasteiger partial charge is 0.497 e. The Kier molecular flexibility index (Phi) is 4.04. The van der Waals surface area contributed by atoms with Crippen LogP contribution in [0.3, 0.4) is 0 Å². The van der Waals surface area contributed by atoms with Crippen molar-refractivity contribution in [2.45, 2.75) is 19.4 Å². The van der Waals surface area contributed by atoms with Crippen LogP contribution in [-0.2, 0) is 0 Å². The molecule has 2 unspecified atom stereocenters. The maximum Gasteiger partial charge on any atom is 0.257 e. The van der Waals surface area contributed by atoms with Gasteiger partial charge >= 0.3 is 0 Å². The summed E-state index contributed by atoms with van der Waals surface area (Å²) in [5.74, 6) is -0.111. The summed E-state index contributed by atoms with van der Waals surface area (Å²) >= 11 is 0. The average Bonchev–Trinajstić information content (AvgIpc) is 2.79. The second-order valence-electron chi connectivity index (χ2n) is 4.99. The van der Waals surface area contributed by atoms with E-state index in [2.05, 4.69) is 0 Å². The van der Waals surface area contributed by atoms with Gasteiger partial charge in [0.05, 0.1) is 12.7 Å². The lowest BCUT2D eigenvalue weighted by Crippen LogP contribution is -2.35. The van der Waals surface area contributed by atoms with E-state index < -0.39 is 5.82 Å². The second kappa shape index (κ2) is 5.57. The van der Waals surface area contributed by atoms with Crippen molar-refractivity contribution in [2.75, 3.05) is 20.2 Å². The minimum Gasteiger partial charge on any atom is -0.497 e. The van der Waals surface area contributed by atoms with Gasteiger partial charge in [0.2, 0.25) is 0 Å². The zero-order chi connectivity index (χ0) is 14.0. The molecule has 0 bridgehead atoms. The molecule has 1 heterocycles. The summed E-state index contributed by atoms with van der Waals surface area (Å²) < 4.78 is 18.8. The van der Waals surface area contributed by atoms with E-state index in [1.807, 2.05) is 6.92 Å². The second-order valence-corrected chi connectivity index (χ2v) is 4.99. The van der Waals surface area contributed by atoms with Crippen LogP contribution in [0.1, 0.15) is 23.7 Å². The molecular formula is C14H19FN2O2. The minimum atomic E-state index is -0.548. The molecule has 4 nitrogen and oxygen atoms in total. The lowest BCUT2D eigenvalue weighted by atomic mass is 10.1. The molecule has 2 N–H and O–H groups in total. The first-order valence-corrected chi connectivity index (χ1v) is 6.41. The van der Waals surface area contributed by atoms with Crippen LogP contribution >= 0.6 is 0 Å². The number of rotatable bonds is 3. The molecule has 104 valence electrons. The standard InChI is InChI=1S/C14H19FN2O2/c1-9-5-10(7-16)8-17(9)14(18)12-4-3-11(19-2)6-13(12)15/h3-4,6,9-10H,5,7-8,16H2,1-2H3. The number of nitrogens with two attached hydrogens (primary N) is 1. The Morgan fingerprint density at radius 1 is 1.58 bits per heavy atom. The van der Waals surface area contributed by atoms with Gasteiger partial charge in [-0.25, -0.2) is 4.39 Å². The zero-order valence-corrected chi connectivity index (χ0v) is 11.2. The van der Waals surface area contributed by atoms with E-state index >= 15 is 0 Å². The number of carbonyl (C=O) groups is 1. The highest BCUT2D eigenvalue weighted by Gasteiger charge is 2.33. The van der Waals surface area contributed by atoms with Gasteiger partial charge in [-0.3, -0.25) is 4.79 Å². The lowest BCUT2D eigenvalue weighted by molar-refractivity contribution is 0.0738. The maximum atomic E-state index is 13.9. The number of carbonyl (C=O) groups excluding carboxylic acids is 1. The quantitative estimate of drug-likeness (QED) is 0.905. The molecule has 2 atom stereocenters. The average molecular weight is 266 g/mol. The number of likely N-dealkylation sites (tertiary alicyclic amines) is 1. The fourth-order valence-corrected chi connectivity index (χ4v) is 2.55. The van der Waals surface area contributed by atoms with Gasteiger partial charge < -0.3 is 15.4 Å². The highest BCUT2D eigenvalue weighted by atomic mass is 19.1. The molecule has 1 amide bonds. The molecule has 0 spiro atoms. The molecule has 1 aliphatic heterocycles. The van der Waals surface area contributed by atoms with Crippen molar-refractivity contribution >= 4 is 5.91 Å². The third kappa shape index (κ3) is 2.71. The molecule has 2 rings (SSSR count). The Morgan fingerprint density at radius 3 is 2.84 bits per heavy atom. The van der Waals surface area contributed by atoms with Gasteiger partial charge in [0.15, 0.2) is 0 Å². The van der Waals surface area contributed by atoms with Gasteiger partial charge in [-0.1, -0.05) is 0 Å². The molecule has 1 aromatic rings. The maximum absolute atomic E-state index is 13.9. The molecule has 1 saturated heterocycles. The van der Waals surface area contributed by atoms with Crippen LogP contribution in [0, 0.1) is 11.7 Å². The molecular weight excluding hydrogens is 247 g/mol. The van der Waals surface area contributed by atoms with Crippen LogP contribution in [0.25, 0.3) is 0 Å². The van der Waals surface area contributed by atoms with Crippen molar-refractivity contribution in [1.29, 1.82) is 0 Å². The van der Waals surface area contributed by atoms with E-state index in [0.29, 0.717) is 24.8 Å². The highest BCUT2D eigenvalue weighted by molar-refractivity contribution is 5.95. The van der Waals surface area contributed by atoms with E-state index in [-0.39, 0.29) is 17.5 Å². The lowest BCUT2D eigenvalue weighted by Gasteiger charge is -2.22. The molecule has 0 aliphatic carbocycles. The first kappa shape index (κ1) is 13.8. The minimum absolute atomic E-state index is 0.0883. The first-order valence-electron chi connectivity index (χ1n) is 6.41. The van der Waals surface area contributed by atoms with E-state index in [0.717, 1.165) is 6.42 Å². The van der Waals surface area contributed by atoms with Crippen LogP contribution < -0.4 is 10.5 Å². The van der Waals surface area contributed by atoms with Crippen molar-refractivity contribution in [3.8, 4) is 5.75 Å². The first-order chi connectivity index (χ1) is 9.06. The Labute approximate surface area is 112 Å². The van der Waals surface area contributed by atoms with Gasteiger partial charge in [-0.15, -0.1) is 0 Å². The fraction of sp³-hybridized carbons (Fsp3) is 0.500. The summed E-state index contributed by atoms with van der Waals surface area (Å²) in [6.07, 6.45) is 0.875. The van der Waals surface area contributed by atoms with Gasteiger partial charge in [-0.2, -0.15) is 0 Å². The van der Waals surface area contributed by atoms with Gasteiger partial charge in [0, 0.05) is 18.7 Å². The normalized spacial score (nSPS) is 22.6. The summed E-state index contributed by atoms with van der Waals surface area (Å²) in [5, 5.41) is 0. The molecule has 19 heavy (non-hydrogen) atoms. The SMILES string of the molecule is COc1ccc(C(=O)N2CC(CN)CC2C)c(F)c1. The third-order valence-corrected chi connectivity index (χ3v) is 3.66. The Bertz CT molecular complexity index is 479. The molecule has 1 aromatic carbocycles. The van der Waals surface area contributed by atoms with E-state index in [1.165, 1.54) is 19.2 Å². The van der Waals surface area contributed by atoms with Crippen molar-refractivity contribution in [2.24, 2.45) is 11.7 Å². The van der Waals surface area contributed by atoms with Crippen LogP contribution in [0.2, 0.25) is 0 Å². The van der Waals surface area contributed by atoms with Crippen molar-refractivity contribution in [1.82, 2.24) is 4.90 Å². The number of nitrogens with zero attached hydrogens (tertiary/aromatic N) is 1. The predicted octanol–water partition coefficient (Wildman–Crippen LogP) is 1.64. The third-order valence-electron chi connectivity index (χ3n) is 3.66. The van der Waals surface area contributed by atoms with Crippen LogP contribution in [0.15, 0.2) is 18.2 Å². The molecule has 5 heteroatoms. The molecule has 1 aliphatic rings. The van der Waals surface area contributed by atoms with Gasteiger partial charge in [0.1, 0.15) is 11.6 Å². The fourth-order valence-electron chi connectivity index (χ4n) is 2.55. The summed E-state index contributed by atoms with van der Waals surface area (Å²) in [5.41, 5.74) is 5.72. The van der Waals surface area contributed by atoms with Gasteiger partial charge in [0.25, 0.3) is 5.91 Å². The van der Waals surface area contributed by atoms with Crippen LogP contribution in [0.4, 0.5) is 4.39 Å². The number of benzene rings is 1. The number of hydrogen-bond donors (Lipinski definition) is 1. The number of halogens is 1. The monoisotopic (exact) mass is 266 g/mol. The molecule has 1 fully saturated rings. The Morgan fingerprint density at radius 2 is 2.32 bits per heavy atom. The number of ether oxygens (including phenoxy) is 1. The van der Waals surface area contributed by atoms with E-state index in [4.69, 9.17) is 10.5 Å². The molecule has 0 saturated carbocycles. The predicted molar refractivity (Wildman–Crippen MR) is 70.6 cm³/mol. The van der Waals surface area contributed by atoms with Crippen molar-refractivity contribution < 1.29 is 13.9 Å². The summed E-state index contributed by atoms with van der Waals surface area (Å²) in [6.45, 7) is 3.12. The summed E-state index contributed by atoms with van der Waals surface area (Å²) in [4.78, 5) is 14.0. The van der Waals surface area contributed by atoms with Gasteiger partial charge in [-0.05, 0) is 37.9 Å². The van der Waals surface area contributed by atoms with Crippen molar-refractivity contribution in [3.63, 3.8) is 0 Å². The zero-order valence-electron chi connectivity index (χ0n) is 11.2. The van der Waals surface area contributed by atoms with E-state index in [1.54, 1.807) is 11.0 Å². The van der Waals surface area contributed by atoms with Crippen LogP contribution in [-0.4, -0.2) is 37.0 Å². The number of methoxy groups -OCH3 is 1. The highest BCUT2D eigenvalue weighted by Crippen LogP contribution is 2.26. The van der Waals surface area contributed by atoms with Crippen LogP contribution in [0.5, 0.6) is 5.75 Å². The Hall–Kier alpha value is -1.62. The Balaban J connectivity index is 2.20. The summed E-state index contributed by atoms with van der Waals surface area (Å²) in [6, 6.07) is 4.40. The topological polar surface area (TPSA) is 55.6 Å².